The van der Waals surface area contributed by atoms with E-state index < -0.39 is 5.60 Å². The van der Waals surface area contributed by atoms with Crippen LogP contribution < -0.4 is 5.32 Å². The molecule has 0 aliphatic carbocycles. The van der Waals surface area contributed by atoms with Gasteiger partial charge in [0.15, 0.2) is 0 Å². The Labute approximate surface area is 121 Å². The van der Waals surface area contributed by atoms with Gasteiger partial charge in [0.05, 0.1) is 0 Å². The maximum absolute atomic E-state index is 11.2. The SMILES string of the molecule is CCC1CCNC(C(O)(CCCl)c2ccccc2)C1. The number of nitrogens with one attached hydrogen (secondary N) is 1. The molecule has 3 unspecified atom stereocenters. The quantitative estimate of drug-likeness (QED) is 0.812. The van der Waals surface area contributed by atoms with Crippen molar-refractivity contribution in [1.82, 2.24) is 5.32 Å². The minimum Gasteiger partial charge on any atom is -0.383 e. The summed E-state index contributed by atoms with van der Waals surface area (Å²) in [7, 11) is 0. The van der Waals surface area contributed by atoms with E-state index in [4.69, 9.17) is 11.6 Å². The molecule has 1 aliphatic heterocycles. The topological polar surface area (TPSA) is 32.3 Å². The predicted molar refractivity (Wildman–Crippen MR) is 80.5 cm³/mol. The summed E-state index contributed by atoms with van der Waals surface area (Å²) in [6.45, 7) is 3.22. The fourth-order valence-electron chi connectivity index (χ4n) is 3.12. The van der Waals surface area contributed by atoms with Crippen LogP contribution in [0.2, 0.25) is 0 Å². The molecular weight excluding hydrogens is 258 g/mol. The first kappa shape index (κ1) is 14.8. The van der Waals surface area contributed by atoms with E-state index >= 15 is 0 Å². The number of hydrogen-bond donors (Lipinski definition) is 2. The van der Waals surface area contributed by atoms with Gasteiger partial charge in [-0.3, -0.25) is 0 Å². The monoisotopic (exact) mass is 281 g/mol. The molecule has 0 spiro atoms. The zero-order valence-electron chi connectivity index (χ0n) is 11.6. The van der Waals surface area contributed by atoms with Crippen LogP contribution in [0.5, 0.6) is 0 Å². The number of rotatable bonds is 5. The summed E-state index contributed by atoms with van der Waals surface area (Å²) in [6, 6.07) is 10.1. The predicted octanol–water partition coefficient (Wildman–Crippen LogP) is 3.28. The molecule has 2 N–H and O–H groups in total. The van der Waals surface area contributed by atoms with Crippen molar-refractivity contribution in [2.75, 3.05) is 12.4 Å². The second kappa shape index (κ2) is 6.74. The fourth-order valence-corrected chi connectivity index (χ4v) is 3.41. The highest BCUT2D eigenvalue weighted by Gasteiger charge is 2.40. The Hall–Kier alpha value is -0.570. The first-order valence-corrected chi connectivity index (χ1v) is 7.81. The lowest BCUT2D eigenvalue weighted by Gasteiger charge is -2.41. The maximum atomic E-state index is 11.2. The maximum Gasteiger partial charge on any atom is 0.106 e. The second-order valence-electron chi connectivity index (χ2n) is 5.53. The summed E-state index contributed by atoms with van der Waals surface area (Å²) in [5.74, 6) is 1.18. The van der Waals surface area contributed by atoms with E-state index in [1.54, 1.807) is 0 Å². The van der Waals surface area contributed by atoms with Gasteiger partial charge in [-0.25, -0.2) is 0 Å². The lowest BCUT2D eigenvalue weighted by Crippen LogP contribution is -2.52. The first-order valence-electron chi connectivity index (χ1n) is 7.28. The van der Waals surface area contributed by atoms with Gasteiger partial charge in [-0.05, 0) is 37.3 Å². The van der Waals surface area contributed by atoms with Gasteiger partial charge in [-0.1, -0.05) is 43.7 Å². The van der Waals surface area contributed by atoms with Crippen LogP contribution in [-0.4, -0.2) is 23.6 Å². The molecule has 0 amide bonds. The van der Waals surface area contributed by atoms with Gasteiger partial charge in [0.25, 0.3) is 0 Å². The minimum atomic E-state index is -0.850. The number of aliphatic hydroxyl groups is 1. The minimum absolute atomic E-state index is 0.104. The molecule has 1 aromatic carbocycles. The standard InChI is InChI=1S/C16H24ClNO/c1-2-13-8-11-18-15(12-13)16(19,9-10-17)14-6-4-3-5-7-14/h3-7,13,15,18-19H,2,8-12H2,1H3. The molecule has 2 nitrogen and oxygen atoms in total. The molecule has 1 fully saturated rings. The third-order valence-electron chi connectivity index (χ3n) is 4.42. The van der Waals surface area contributed by atoms with Crippen molar-refractivity contribution < 1.29 is 5.11 Å². The van der Waals surface area contributed by atoms with Gasteiger partial charge in [0, 0.05) is 11.9 Å². The van der Waals surface area contributed by atoms with E-state index in [0.29, 0.717) is 18.2 Å². The second-order valence-corrected chi connectivity index (χ2v) is 5.91. The van der Waals surface area contributed by atoms with Crippen molar-refractivity contribution in [3.05, 3.63) is 35.9 Å². The summed E-state index contributed by atoms with van der Waals surface area (Å²) >= 11 is 5.94. The lowest BCUT2D eigenvalue weighted by atomic mass is 9.76. The van der Waals surface area contributed by atoms with E-state index in [1.165, 1.54) is 12.8 Å². The van der Waals surface area contributed by atoms with Crippen LogP contribution in [0, 0.1) is 5.92 Å². The normalized spacial score (nSPS) is 26.9. The van der Waals surface area contributed by atoms with Gasteiger partial charge >= 0.3 is 0 Å². The molecule has 19 heavy (non-hydrogen) atoms. The van der Waals surface area contributed by atoms with Crippen LogP contribution in [-0.2, 0) is 5.60 Å². The fraction of sp³-hybridized carbons (Fsp3) is 0.625. The van der Waals surface area contributed by atoms with Crippen LogP contribution in [0.1, 0.15) is 38.2 Å². The number of halogens is 1. The average molecular weight is 282 g/mol. The van der Waals surface area contributed by atoms with Crippen LogP contribution in [0.15, 0.2) is 30.3 Å². The van der Waals surface area contributed by atoms with Crippen molar-refractivity contribution in [2.24, 2.45) is 5.92 Å². The third-order valence-corrected chi connectivity index (χ3v) is 4.60. The molecule has 0 saturated carbocycles. The average Bonchev–Trinajstić information content (AvgIpc) is 2.48. The number of alkyl halides is 1. The molecule has 1 saturated heterocycles. The van der Waals surface area contributed by atoms with E-state index in [2.05, 4.69) is 12.2 Å². The molecule has 3 heteroatoms. The van der Waals surface area contributed by atoms with Gasteiger partial charge < -0.3 is 10.4 Å². The molecule has 3 atom stereocenters. The Morgan fingerprint density at radius 3 is 2.74 bits per heavy atom. The Bertz CT molecular complexity index is 384. The van der Waals surface area contributed by atoms with Crippen molar-refractivity contribution in [3.8, 4) is 0 Å². The number of piperidine rings is 1. The van der Waals surface area contributed by atoms with Crippen molar-refractivity contribution in [3.63, 3.8) is 0 Å². The summed E-state index contributed by atoms with van der Waals surface area (Å²) in [6.07, 6.45) is 4.01. The van der Waals surface area contributed by atoms with Crippen molar-refractivity contribution in [1.29, 1.82) is 0 Å². The zero-order chi connectivity index (χ0) is 13.7. The lowest BCUT2D eigenvalue weighted by molar-refractivity contribution is -0.0228. The van der Waals surface area contributed by atoms with Crippen LogP contribution in [0.25, 0.3) is 0 Å². The summed E-state index contributed by atoms with van der Waals surface area (Å²) in [5.41, 5.74) is 0.126. The highest BCUT2D eigenvalue weighted by atomic mass is 35.5. The van der Waals surface area contributed by atoms with E-state index in [1.807, 2.05) is 30.3 Å². The summed E-state index contributed by atoms with van der Waals surface area (Å²) in [5, 5.41) is 14.7. The van der Waals surface area contributed by atoms with Crippen molar-refractivity contribution >= 4 is 11.6 Å². The molecule has 2 rings (SSSR count). The molecule has 1 aliphatic rings. The summed E-state index contributed by atoms with van der Waals surface area (Å²) < 4.78 is 0. The molecule has 1 heterocycles. The van der Waals surface area contributed by atoms with Gasteiger partial charge in [-0.2, -0.15) is 0 Å². The third kappa shape index (κ3) is 3.31. The van der Waals surface area contributed by atoms with Gasteiger partial charge in [0.1, 0.15) is 5.60 Å². The Morgan fingerprint density at radius 1 is 1.37 bits per heavy atom. The Balaban J connectivity index is 2.23. The van der Waals surface area contributed by atoms with E-state index in [0.717, 1.165) is 18.5 Å². The van der Waals surface area contributed by atoms with Gasteiger partial charge in [-0.15, -0.1) is 11.6 Å². The van der Waals surface area contributed by atoms with Crippen molar-refractivity contribution in [2.45, 2.75) is 44.2 Å². The van der Waals surface area contributed by atoms with Crippen LogP contribution in [0.4, 0.5) is 0 Å². The highest BCUT2D eigenvalue weighted by molar-refractivity contribution is 6.17. The molecule has 106 valence electrons. The molecule has 0 aromatic heterocycles. The van der Waals surface area contributed by atoms with Gasteiger partial charge in [0.2, 0.25) is 0 Å². The molecule has 0 radical (unpaired) electrons. The highest BCUT2D eigenvalue weighted by Crippen LogP contribution is 2.35. The summed E-state index contributed by atoms with van der Waals surface area (Å²) in [4.78, 5) is 0. The number of benzene rings is 1. The zero-order valence-corrected chi connectivity index (χ0v) is 12.4. The Morgan fingerprint density at radius 2 is 2.11 bits per heavy atom. The first-order chi connectivity index (χ1) is 9.20. The van der Waals surface area contributed by atoms with E-state index in [-0.39, 0.29) is 6.04 Å². The molecule has 0 bridgehead atoms. The largest absolute Gasteiger partial charge is 0.383 e. The smallest absolute Gasteiger partial charge is 0.106 e. The number of hydrogen-bond acceptors (Lipinski definition) is 2. The molecule has 1 aromatic rings. The van der Waals surface area contributed by atoms with Crippen LogP contribution >= 0.6 is 11.6 Å². The molecular formula is C16H24ClNO. The van der Waals surface area contributed by atoms with E-state index in [9.17, 15) is 5.11 Å². The van der Waals surface area contributed by atoms with Crippen LogP contribution in [0.3, 0.4) is 0 Å². The Kier molecular flexibility index (Phi) is 5.26.